The Morgan fingerprint density at radius 1 is 0.481 bits per heavy atom. The summed E-state index contributed by atoms with van der Waals surface area (Å²) in [4.78, 5) is 82.1. The molecule has 0 radical (unpaired) electrons. The molecule has 27 heteroatoms. The minimum atomic E-state index is -5.60. The van der Waals surface area contributed by atoms with Crippen LogP contribution in [0.3, 0.4) is 0 Å². The van der Waals surface area contributed by atoms with Crippen LogP contribution in [0.5, 0.6) is 0 Å². The fraction of sp³-hybridized carbons (Fsp3) is 0. The Bertz CT molecular complexity index is 614. The molecular weight excluding hydrogens is 529 g/mol. The first-order valence-electron chi connectivity index (χ1n) is 4.54. The molecule has 0 aromatic carbocycles. The summed E-state index contributed by atoms with van der Waals surface area (Å²) in [6, 6.07) is 0. The Morgan fingerprint density at radius 2 is 0.667 bits per heavy atom. The molecule has 0 bridgehead atoms. The predicted molar refractivity (Wildman–Crippen MR) is 69.9 cm³/mol. The summed E-state index contributed by atoms with van der Waals surface area (Å²) in [5.41, 5.74) is 0. The van der Waals surface area contributed by atoms with Gasteiger partial charge in [0.05, 0.1) is 0 Å². The van der Waals surface area contributed by atoms with Crippen molar-refractivity contribution in [2.75, 3.05) is 0 Å². The van der Waals surface area contributed by atoms with Crippen molar-refractivity contribution in [3.63, 3.8) is 0 Å². The Hall–Kier alpha value is 1.82. The van der Waals surface area contributed by atoms with Crippen molar-refractivity contribution >= 4 is 46.9 Å². The first-order chi connectivity index (χ1) is 10.8. The number of hydrogen-bond acceptors (Lipinski definition) is 11. The maximum absolute atomic E-state index is 10.4. The molecule has 2 unspecified atom stereocenters. The van der Waals surface area contributed by atoms with E-state index in [0.29, 0.717) is 0 Å². The van der Waals surface area contributed by atoms with Crippen LogP contribution in [0, 0.1) is 0 Å². The molecule has 0 aliphatic carbocycles. The fourth-order valence-corrected chi connectivity index (χ4v) is 5.61. The average Bonchev–Trinajstić information content (AvgIpc) is 1.97. The minimum Gasteiger partial charge on any atom is -0.756 e. The number of phosphoric acid groups is 6. The molecule has 0 amide bonds. The van der Waals surface area contributed by atoms with Crippen molar-refractivity contribution < 1.29 is 123 Å². The van der Waals surface area contributed by atoms with E-state index in [1.165, 1.54) is 0 Å². The van der Waals surface area contributed by atoms with Gasteiger partial charge in [0, 0.05) is 0 Å². The molecule has 27 heavy (non-hydrogen) atoms. The summed E-state index contributed by atoms with van der Waals surface area (Å²) in [5, 5.41) is 0. The van der Waals surface area contributed by atoms with Crippen molar-refractivity contribution in [2.45, 2.75) is 0 Å². The van der Waals surface area contributed by atoms with E-state index < -0.39 is 46.9 Å². The van der Waals surface area contributed by atoms with E-state index in [-0.39, 0.29) is 29.6 Å². The molecule has 0 spiro atoms. The van der Waals surface area contributed by atoms with E-state index in [9.17, 15) is 32.3 Å². The van der Waals surface area contributed by atoms with Gasteiger partial charge in [-0.05, 0) is 0 Å². The zero-order valence-corrected chi connectivity index (χ0v) is 19.6. The topological polar surface area (TPSA) is 344 Å². The standard InChI is InChI=1S/Na.2H5O10P3/c;2*1-11(2,3)9-13(7,8)10-12(4,5)6/h;2*(H,7,8)(H2,1,2,3)(H2,4,5,6)/q+1;;/p-1. The van der Waals surface area contributed by atoms with Crippen LogP contribution in [0.1, 0.15) is 0 Å². The van der Waals surface area contributed by atoms with Crippen LogP contribution in [-0.4, -0.2) is 44.0 Å². The molecule has 0 heterocycles. The van der Waals surface area contributed by atoms with Crippen LogP contribution < -0.4 is 34.5 Å². The molecule has 9 N–H and O–H groups in total. The molecule has 0 aliphatic heterocycles. The third-order valence-corrected chi connectivity index (χ3v) is 7.51. The second-order valence-corrected chi connectivity index (χ2v) is 11.6. The first kappa shape index (κ1) is 33.5. The van der Waals surface area contributed by atoms with E-state index in [1.54, 1.807) is 0 Å². The largest absolute Gasteiger partial charge is 1.00 e. The Balaban J connectivity index is -0.000000411. The van der Waals surface area contributed by atoms with Crippen molar-refractivity contribution in [2.24, 2.45) is 0 Å². The van der Waals surface area contributed by atoms with E-state index in [0.717, 1.165) is 0 Å². The van der Waals surface area contributed by atoms with Gasteiger partial charge in [-0.1, -0.05) is 0 Å². The zero-order chi connectivity index (χ0) is 21.8. The fourth-order valence-electron chi connectivity index (χ4n) is 0.563. The minimum absolute atomic E-state index is 0. The molecule has 20 nitrogen and oxygen atoms in total. The number of rotatable bonds is 8. The second kappa shape index (κ2) is 11.4. The maximum atomic E-state index is 10.4. The van der Waals surface area contributed by atoms with Crippen LogP contribution in [0.4, 0.5) is 0 Å². The van der Waals surface area contributed by atoms with Crippen molar-refractivity contribution in [1.82, 2.24) is 0 Å². The summed E-state index contributed by atoms with van der Waals surface area (Å²) in [5.74, 6) is 0. The van der Waals surface area contributed by atoms with E-state index in [2.05, 4.69) is 17.2 Å². The van der Waals surface area contributed by atoms with Gasteiger partial charge in [-0.25, -0.2) is 27.1 Å². The molecule has 160 valence electrons. The van der Waals surface area contributed by atoms with Gasteiger partial charge >= 0.3 is 68.7 Å². The van der Waals surface area contributed by atoms with E-state index in [1.807, 2.05) is 0 Å². The predicted octanol–water partition coefficient (Wildman–Crippen LogP) is -5.02. The average molecular weight is 538 g/mol. The Labute approximate surface area is 169 Å². The molecule has 0 saturated carbocycles. The monoisotopic (exact) mass is 538 g/mol. The third-order valence-electron chi connectivity index (χ3n) is 0.835. The Morgan fingerprint density at radius 3 is 0.815 bits per heavy atom. The van der Waals surface area contributed by atoms with Gasteiger partial charge in [0.25, 0.3) is 7.82 Å². The number of hydrogen-bond donors (Lipinski definition) is 9. The maximum Gasteiger partial charge on any atom is 1.00 e. The quantitative estimate of drug-likeness (QED) is 0.103. The summed E-state index contributed by atoms with van der Waals surface area (Å²) < 4.78 is 72.4. The zero-order valence-electron chi connectivity index (χ0n) is 12.2. The summed E-state index contributed by atoms with van der Waals surface area (Å²) in [7, 11) is -32.7. The van der Waals surface area contributed by atoms with Crippen molar-refractivity contribution in [1.29, 1.82) is 0 Å². The molecule has 0 saturated heterocycles. The molecule has 2 atom stereocenters. The van der Waals surface area contributed by atoms with Crippen LogP contribution in [0.25, 0.3) is 0 Å². The van der Waals surface area contributed by atoms with Crippen LogP contribution in [0.15, 0.2) is 0 Å². The third kappa shape index (κ3) is 27.8. The van der Waals surface area contributed by atoms with E-state index >= 15 is 0 Å². The molecule has 0 fully saturated rings. The molecule has 0 aromatic heterocycles. The van der Waals surface area contributed by atoms with Crippen LogP contribution in [0.2, 0.25) is 0 Å². The van der Waals surface area contributed by atoms with Crippen LogP contribution in [-0.2, 0) is 44.6 Å². The van der Waals surface area contributed by atoms with Crippen LogP contribution >= 0.6 is 46.9 Å². The second-order valence-electron chi connectivity index (χ2n) is 3.20. The van der Waals surface area contributed by atoms with Crippen molar-refractivity contribution in [3.05, 3.63) is 0 Å². The normalized spacial score (nSPS) is 17.6. The van der Waals surface area contributed by atoms with Gasteiger partial charge in [-0.15, -0.1) is 0 Å². The molecule has 0 aliphatic rings. The van der Waals surface area contributed by atoms with Crippen molar-refractivity contribution in [3.8, 4) is 0 Å². The SMILES string of the molecule is O=P(O)(O)OP(=O)(O)OP(=O)(O)O.O=P([O-])(O)OP(=O)(O)OP(=O)(O)O.[Na+]. The summed E-state index contributed by atoms with van der Waals surface area (Å²) >= 11 is 0. The molecular formula is H9NaO20P6. The van der Waals surface area contributed by atoms with Gasteiger partial charge in [0.2, 0.25) is 0 Å². The first-order valence-corrected chi connectivity index (χ1v) is 13.6. The molecule has 0 rings (SSSR count). The van der Waals surface area contributed by atoms with Gasteiger partial charge in [0.1, 0.15) is 0 Å². The summed E-state index contributed by atoms with van der Waals surface area (Å²) in [6.45, 7) is 0. The van der Waals surface area contributed by atoms with Gasteiger partial charge in [-0.2, -0.15) is 12.9 Å². The van der Waals surface area contributed by atoms with E-state index in [4.69, 9.17) is 44.0 Å². The van der Waals surface area contributed by atoms with Gasteiger partial charge in [0.15, 0.2) is 0 Å². The summed E-state index contributed by atoms with van der Waals surface area (Å²) in [6.07, 6.45) is 0. The Kier molecular flexibility index (Phi) is 14.2. The molecule has 0 aromatic rings. The van der Waals surface area contributed by atoms with Gasteiger partial charge < -0.3 is 48.9 Å². The smallest absolute Gasteiger partial charge is 0.756 e. The van der Waals surface area contributed by atoms with Gasteiger partial charge in [-0.3, -0.25) is 4.57 Å².